The highest BCUT2D eigenvalue weighted by Crippen LogP contribution is 2.18. The lowest BCUT2D eigenvalue weighted by Crippen LogP contribution is -2.29. The minimum atomic E-state index is -3.57. The highest BCUT2D eigenvalue weighted by Gasteiger charge is 2.16. The van der Waals surface area contributed by atoms with Gasteiger partial charge in [-0.3, -0.25) is 0 Å². The molecule has 0 spiro atoms. The van der Waals surface area contributed by atoms with Crippen molar-refractivity contribution in [3.05, 3.63) is 59.0 Å². The molecule has 7 heteroatoms. The molecule has 0 fully saturated rings. The molecular formula is C13H14ClNO4S. The maximum Gasteiger partial charge on any atom is 0.215 e. The van der Waals surface area contributed by atoms with Crippen LogP contribution in [0.3, 0.4) is 0 Å². The van der Waals surface area contributed by atoms with E-state index >= 15 is 0 Å². The molecule has 0 bridgehead atoms. The fourth-order valence-electron chi connectivity index (χ4n) is 1.66. The summed E-state index contributed by atoms with van der Waals surface area (Å²) in [6, 6.07) is 8.30. The largest absolute Gasteiger partial charge is 0.472 e. The average Bonchev–Trinajstić information content (AvgIpc) is 2.93. The standard InChI is InChI=1S/C13H14ClNO4S/c14-12-4-2-1-3-11(12)9-20(17,18)15-7-13(16)10-5-6-19-8-10/h1-6,8,13,15-16H,7,9H2/t13-/m1/s1. The van der Waals surface area contributed by atoms with Gasteiger partial charge in [-0.05, 0) is 17.7 Å². The van der Waals surface area contributed by atoms with E-state index in [2.05, 4.69) is 4.72 Å². The van der Waals surface area contributed by atoms with E-state index in [1.807, 2.05) is 0 Å². The van der Waals surface area contributed by atoms with Gasteiger partial charge < -0.3 is 9.52 Å². The predicted molar refractivity (Wildman–Crippen MR) is 75.7 cm³/mol. The van der Waals surface area contributed by atoms with Crippen LogP contribution in [-0.4, -0.2) is 20.1 Å². The van der Waals surface area contributed by atoms with E-state index in [0.717, 1.165) is 0 Å². The third-order valence-electron chi connectivity index (χ3n) is 2.73. The van der Waals surface area contributed by atoms with E-state index in [-0.39, 0.29) is 12.3 Å². The van der Waals surface area contributed by atoms with Gasteiger partial charge >= 0.3 is 0 Å². The predicted octanol–water partition coefficient (Wildman–Crippen LogP) is 2.09. The molecule has 0 unspecified atom stereocenters. The number of furan rings is 1. The Balaban J connectivity index is 1.96. The van der Waals surface area contributed by atoms with Gasteiger partial charge in [0.1, 0.15) is 0 Å². The first kappa shape index (κ1) is 15.1. The van der Waals surface area contributed by atoms with E-state index < -0.39 is 16.1 Å². The minimum absolute atomic E-state index is 0.119. The Labute approximate surface area is 122 Å². The SMILES string of the molecule is O=S(=O)(Cc1ccccc1Cl)NC[C@@H](O)c1ccoc1. The van der Waals surface area contributed by atoms with Crippen LogP contribution in [0, 0.1) is 0 Å². The summed E-state index contributed by atoms with van der Waals surface area (Å²) in [5.74, 6) is -0.231. The summed E-state index contributed by atoms with van der Waals surface area (Å²) >= 11 is 5.92. The van der Waals surface area contributed by atoms with Crippen LogP contribution in [0.5, 0.6) is 0 Å². The first-order valence-electron chi connectivity index (χ1n) is 5.89. The lowest BCUT2D eigenvalue weighted by molar-refractivity contribution is 0.181. The Bertz CT molecular complexity index is 655. The molecule has 0 aliphatic heterocycles. The Hall–Kier alpha value is -1.34. The second-order valence-electron chi connectivity index (χ2n) is 4.27. The monoisotopic (exact) mass is 315 g/mol. The molecule has 5 nitrogen and oxygen atoms in total. The number of hydrogen-bond acceptors (Lipinski definition) is 4. The number of benzene rings is 1. The van der Waals surface area contributed by atoms with Gasteiger partial charge in [0.2, 0.25) is 10.0 Å². The fraction of sp³-hybridized carbons (Fsp3) is 0.231. The fourth-order valence-corrected chi connectivity index (χ4v) is 3.12. The summed E-state index contributed by atoms with van der Waals surface area (Å²) in [5, 5.41) is 10.2. The number of aliphatic hydroxyl groups excluding tert-OH is 1. The Morgan fingerprint density at radius 1 is 1.30 bits per heavy atom. The van der Waals surface area contributed by atoms with Crippen LogP contribution >= 0.6 is 11.6 Å². The van der Waals surface area contributed by atoms with Gasteiger partial charge in [-0.2, -0.15) is 0 Å². The number of hydrogen-bond donors (Lipinski definition) is 2. The Kier molecular flexibility index (Phi) is 4.82. The van der Waals surface area contributed by atoms with E-state index in [4.69, 9.17) is 16.0 Å². The number of aliphatic hydroxyl groups is 1. The molecule has 1 aromatic heterocycles. The van der Waals surface area contributed by atoms with Gasteiger partial charge in [-0.25, -0.2) is 13.1 Å². The Morgan fingerprint density at radius 3 is 2.70 bits per heavy atom. The number of sulfonamides is 1. The first-order chi connectivity index (χ1) is 9.48. The van der Waals surface area contributed by atoms with Crippen molar-refractivity contribution in [2.45, 2.75) is 11.9 Å². The van der Waals surface area contributed by atoms with Crippen LogP contribution in [0.25, 0.3) is 0 Å². The quantitative estimate of drug-likeness (QED) is 0.855. The summed E-state index contributed by atoms with van der Waals surface area (Å²) in [5.41, 5.74) is 1.03. The average molecular weight is 316 g/mol. The van der Waals surface area contributed by atoms with Crippen LogP contribution in [0.4, 0.5) is 0 Å². The summed E-state index contributed by atoms with van der Waals surface area (Å²) in [6.07, 6.45) is 1.83. The van der Waals surface area contributed by atoms with Crippen molar-refractivity contribution in [2.75, 3.05) is 6.54 Å². The second kappa shape index (κ2) is 6.41. The van der Waals surface area contributed by atoms with Gasteiger partial charge in [0.05, 0.1) is 24.4 Å². The zero-order chi connectivity index (χ0) is 14.6. The van der Waals surface area contributed by atoms with Crippen molar-refractivity contribution in [1.29, 1.82) is 0 Å². The number of halogens is 1. The molecule has 1 aromatic carbocycles. The molecule has 108 valence electrons. The van der Waals surface area contributed by atoms with E-state index in [1.165, 1.54) is 12.5 Å². The van der Waals surface area contributed by atoms with Crippen LogP contribution in [-0.2, 0) is 15.8 Å². The van der Waals surface area contributed by atoms with Crippen molar-refractivity contribution in [2.24, 2.45) is 0 Å². The molecule has 0 amide bonds. The van der Waals surface area contributed by atoms with Crippen molar-refractivity contribution >= 4 is 21.6 Å². The molecule has 0 aliphatic carbocycles. The number of nitrogens with one attached hydrogen (secondary N) is 1. The van der Waals surface area contributed by atoms with Gasteiger partial charge in [0, 0.05) is 17.1 Å². The molecule has 2 aromatic rings. The van der Waals surface area contributed by atoms with Gasteiger partial charge in [0.15, 0.2) is 0 Å². The second-order valence-corrected chi connectivity index (χ2v) is 6.49. The maximum atomic E-state index is 11.9. The summed E-state index contributed by atoms with van der Waals surface area (Å²) < 4.78 is 31.0. The third kappa shape index (κ3) is 4.08. The van der Waals surface area contributed by atoms with E-state index in [0.29, 0.717) is 16.1 Å². The van der Waals surface area contributed by atoms with Crippen molar-refractivity contribution in [1.82, 2.24) is 4.72 Å². The maximum absolute atomic E-state index is 11.9. The Morgan fingerprint density at radius 2 is 2.05 bits per heavy atom. The third-order valence-corrected chi connectivity index (χ3v) is 4.39. The summed E-state index contributed by atoms with van der Waals surface area (Å²) in [6.45, 7) is -0.119. The zero-order valence-electron chi connectivity index (χ0n) is 10.5. The zero-order valence-corrected chi connectivity index (χ0v) is 12.1. The lowest BCUT2D eigenvalue weighted by atomic mass is 10.2. The molecule has 1 atom stereocenters. The molecule has 1 heterocycles. The van der Waals surface area contributed by atoms with Crippen LogP contribution < -0.4 is 4.72 Å². The molecule has 2 N–H and O–H groups in total. The lowest BCUT2D eigenvalue weighted by Gasteiger charge is -2.11. The van der Waals surface area contributed by atoms with Crippen LogP contribution in [0.2, 0.25) is 5.02 Å². The molecule has 20 heavy (non-hydrogen) atoms. The molecule has 0 aliphatic rings. The summed E-state index contributed by atoms with van der Waals surface area (Å²) in [7, 11) is -3.57. The van der Waals surface area contributed by atoms with Crippen molar-refractivity contribution in [3.8, 4) is 0 Å². The van der Waals surface area contributed by atoms with Gasteiger partial charge in [-0.1, -0.05) is 29.8 Å². The normalized spacial score (nSPS) is 13.3. The van der Waals surface area contributed by atoms with E-state index in [9.17, 15) is 13.5 Å². The van der Waals surface area contributed by atoms with Crippen LogP contribution in [0.1, 0.15) is 17.2 Å². The smallest absolute Gasteiger partial charge is 0.215 e. The van der Waals surface area contributed by atoms with Crippen molar-refractivity contribution < 1.29 is 17.9 Å². The van der Waals surface area contributed by atoms with E-state index in [1.54, 1.807) is 30.3 Å². The van der Waals surface area contributed by atoms with Crippen LogP contribution in [0.15, 0.2) is 47.3 Å². The molecular weight excluding hydrogens is 302 g/mol. The molecule has 0 saturated carbocycles. The topological polar surface area (TPSA) is 79.5 Å². The van der Waals surface area contributed by atoms with Crippen molar-refractivity contribution in [3.63, 3.8) is 0 Å². The molecule has 0 radical (unpaired) electrons. The van der Waals surface area contributed by atoms with Gasteiger partial charge in [0.25, 0.3) is 0 Å². The minimum Gasteiger partial charge on any atom is -0.472 e. The van der Waals surface area contributed by atoms with Gasteiger partial charge in [-0.15, -0.1) is 0 Å². The highest BCUT2D eigenvalue weighted by atomic mass is 35.5. The summed E-state index contributed by atoms with van der Waals surface area (Å²) in [4.78, 5) is 0. The molecule has 0 saturated heterocycles. The molecule has 2 rings (SSSR count). The first-order valence-corrected chi connectivity index (χ1v) is 7.92. The number of rotatable bonds is 6. The highest BCUT2D eigenvalue weighted by molar-refractivity contribution is 7.88.